The molecule has 0 spiro atoms. The van der Waals surface area contributed by atoms with Crippen LogP contribution in [0.25, 0.3) is 0 Å². The molecule has 0 N–H and O–H groups in total. The summed E-state index contributed by atoms with van der Waals surface area (Å²) in [6.07, 6.45) is 3.45. The van der Waals surface area contributed by atoms with E-state index in [1.807, 2.05) is 35.8 Å². The molecule has 0 aromatic carbocycles. The number of pyridine rings is 2. The highest BCUT2D eigenvalue weighted by atomic mass is 79.9. The second-order valence-electron chi connectivity index (χ2n) is 6.79. The number of halogens is 2. The molecule has 148 valence electrons. The summed E-state index contributed by atoms with van der Waals surface area (Å²) in [5.41, 5.74) is 0. The fraction of sp³-hybridized carbons (Fsp3) is 0.421. The van der Waals surface area contributed by atoms with E-state index in [-0.39, 0.29) is 17.9 Å². The fourth-order valence-electron chi connectivity index (χ4n) is 3.60. The molecule has 7 nitrogen and oxygen atoms in total. The molecule has 9 heteroatoms. The quantitative estimate of drug-likeness (QED) is 0.622. The number of ketones is 1. The van der Waals surface area contributed by atoms with Gasteiger partial charge in [-0.2, -0.15) is 0 Å². The Hall–Kier alpha value is -1.87. The van der Waals surface area contributed by atoms with Gasteiger partial charge in [0.2, 0.25) is 0 Å². The third-order valence-corrected chi connectivity index (χ3v) is 5.95. The van der Waals surface area contributed by atoms with Crippen molar-refractivity contribution in [2.24, 2.45) is 0 Å². The van der Waals surface area contributed by atoms with Crippen LogP contribution < -0.4 is 19.3 Å². The minimum absolute atomic E-state index is 0.107. The summed E-state index contributed by atoms with van der Waals surface area (Å²) < 4.78 is 13.1. The van der Waals surface area contributed by atoms with Crippen LogP contribution in [0.2, 0.25) is 0 Å². The van der Waals surface area contributed by atoms with Crippen molar-refractivity contribution in [1.29, 1.82) is 0 Å². The van der Waals surface area contributed by atoms with Crippen LogP contribution in [0.5, 0.6) is 11.5 Å². The molecule has 2 atom stereocenters. The standard InChI is InChI=1S/C19H20Br2N4O3/c1-11(24-3-5-27-15-7-13(20)9-22-18(15)24)17(26)12(2)25-4-6-28-16-8-14(21)10-23-19(16)25/h7-12H,3-6H2,1-2H3. The van der Waals surface area contributed by atoms with Gasteiger partial charge in [-0.25, -0.2) is 9.97 Å². The average molecular weight is 512 g/mol. The summed E-state index contributed by atoms with van der Waals surface area (Å²) in [4.78, 5) is 26.3. The first-order valence-corrected chi connectivity index (χ1v) is 10.7. The van der Waals surface area contributed by atoms with Gasteiger partial charge in [0.15, 0.2) is 28.9 Å². The maximum Gasteiger partial charge on any atom is 0.177 e. The molecule has 4 heterocycles. The zero-order valence-corrected chi connectivity index (χ0v) is 18.7. The molecule has 0 radical (unpaired) electrons. The third kappa shape index (κ3) is 3.57. The number of carbonyl (C=O) groups is 1. The van der Waals surface area contributed by atoms with Gasteiger partial charge in [-0.05, 0) is 57.8 Å². The Bertz CT molecular complexity index is 839. The molecule has 2 aliphatic rings. The van der Waals surface area contributed by atoms with Gasteiger partial charge in [-0.1, -0.05) is 0 Å². The number of fused-ring (bicyclic) bond motifs is 2. The van der Waals surface area contributed by atoms with E-state index >= 15 is 0 Å². The minimum atomic E-state index is -0.340. The number of rotatable bonds is 4. The maximum atomic E-state index is 13.4. The molecule has 28 heavy (non-hydrogen) atoms. The van der Waals surface area contributed by atoms with E-state index in [1.54, 1.807) is 12.4 Å². The number of Topliss-reactive ketones (excluding diaryl/α,β-unsaturated/α-hetero) is 1. The van der Waals surface area contributed by atoms with E-state index in [1.165, 1.54) is 0 Å². The second kappa shape index (κ2) is 7.87. The highest BCUT2D eigenvalue weighted by Gasteiger charge is 2.35. The minimum Gasteiger partial charge on any atom is -0.488 e. The lowest BCUT2D eigenvalue weighted by Gasteiger charge is -2.38. The molecule has 4 rings (SSSR count). The molecule has 2 aliphatic heterocycles. The molecule has 0 saturated heterocycles. The normalized spacial score (nSPS) is 17.7. The molecule has 0 amide bonds. The van der Waals surface area contributed by atoms with Crippen LogP contribution in [0.3, 0.4) is 0 Å². The Labute approximate surface area is 180 Å². The van der Waals surface area contributed by atoms with Crippen LogP contribution in [-0.4, -0.2) is 54.1 Å². The van der Waals surface area contributed by atoms with Crippen LogP contribution in [0.1, 0.15) is 13.8 Å². The molecule has 0 bridgehead atoms. The zero-order chi connectivity index (χ0) is 19.8. The van der Waals surface area contributed by atoms with Gasteiger partial charge >= 0.3 is 0 Å². The second-order valence-corrected chi connectivity index (χ2v) is 8.62. The van der Waals surface area contributed by atoms with Crippen molar-refractivity contribution < 1.29 is 14.3 Å². The predicted molar refractivity (Wildman–Crippen MR) is 113 cm³/mol. The Morgan fingerprint density at radius 3 is 1.79 bits per heavy atom. The Morgan fingerprint density at radius 1 is 0.929 bits per heavy atom. The summed E-state index contributed by atoms with van der Waals surface area (Å²) in [6.45, 7) is 6.13. The molecule has 0 saturated carbocycles. The van der Waals surface area contributed by atoms with E-state index in [0.29, 0.717) is 49.4 Å². The van der Waals surface area contributed by atoms with Crippen LogP contribution in [0.15, 0.2) is 33.5 Å². The molecule has 2 aromatic heterocycles. The first-order valence-electron chi connectivity index (χ1n) is 9.09. The zero-order valence-electron chi connectivity index (χ0n) is 15.6. The monoisotopic (exact) mass is 510 g/mol. The number of anilines is 2. The summed E-state index contributed by atoms with van der Waals surface area (Å²) in [7, 11) is 0. The van der Waals surface area contributed by atoms with Crippen molar-refractivity contribution in [2.45, 2.75) is 25.9 Å². The van der Waals surface area contributed by atoms with E-state index in [2.05, 4.69) is 41.8 Å². The number of ether oxygens (including phenoxy) is 2. The van der Waals surface area contributed by atoms with Gasteiger partial charge in [-0.3, -0.25) is 4.79 Å². The lowest BCUT2D eigenvalue weighted by molar-refractivity contribution is -0.121. The van der Waals surface area contributed by atoms with E-state index in [0.717, 1.165) is 8.95 Å². The van der Waals surface area contributed by atoms with Crippen LogP contribution in [-0.2, 0) is 4.79 Å². The first-order chi connectivity index (χ1) is 13.5. The largest absolute Gasteiger partial charge is 0.488 e. The van der Waals surface area contributed by atoms with Gasteiger partial charge in [-0.15, -0.1) is 0 Å². The molecule has 2 unspecified atom stereocenters. The van der Waals surface area contributed by atoms with E-state index < -0.39 is 0 Å². The molecule has 2 aromatic rings. The Morgan fingerprint density at radius 2 is 1.36 bits per heavy atom. The number of nitrogens with zero attached hydrogens (tertiary/aromatic N) is 4. The Kier molecular flexibility index (Phi) is 5.46. The van der Waals surface area contributed by atoms with Crippen LogP contribution in [0.4, 0.5) is 11.6 Å². The Balaban J connectivity index is 1.57. The van der Waals surface area contributed by atoms with Gasteiger partial charge in [0, 0.05) is 21.3 Å². The number of hydrogen-bond donors (Lipinski definition) is 0. The maximum absolute atomic E-state index is 13.4. The summed E-state index contributed by atoms with van der Waals surface area (Å²) in [5.74, 6) is 2.89. The van der Waals surface area contributed by atoms with Gasteiger partial charge in [0.05, 0.1) is 25.2 Å². The van der Waals surface area contributed by atoms with Crippen LogP contribution in [0, 0.1) is 0 Å². The molecular weight excluding hydrogens is 492 g/mol. The van der Waals surface area contributed by atoms with E-state index in [9.17, 15) is 4.79 Å². The first kappa shape index (κ1) is 19.4. The van der Waals surface area contributed by atoms with Crippen LogP contribution >= 0.6 is 31.9 Å². The van der Waals surface area contributed by atoms with Crippen molar-refractivity contribution in [2.75, 3.05) is 36.1 Å². The van der Waals surface area contributed by atoms with Crippen molar-refractivity contribution >= 4 is 49.3 Å². The number of aromatic nitrogens is 2. The van der Waals surface area contributed by atoms with Gasteiger partial charge in [0.1, 0.15) is 13.2 Å². The molecular formula is C19H20Br2N4O3. The van der Waals surface area contributed by atoms with Crippen molar-refractivity contribution in [1.82, 2.24) is 9.97 Å². The SMILES string of the molecule is CC(C(=O)C(C)N1CCOc2cc(Br)cnc21)N1CCOc2cc(Br)cnc21. The smallest absolute Gasteiger partial charge is 0.177 e. The average Bonchev–Trinajstić information content (AvgIpc) is 2.70. The highest BCUT2D eigenvalue weighted by molar-refractivity contribution is 9.10. The summed E-state index contributed by atoms with van der Waals surface area (Å²) in [5, 5.41) is 0. The molecule has 0 aliphatic carbocycles. The van der Waals surface area contributed by atoms with Crippen molar-refractivity contribution in [3.05, 3.63) is 33.5 Å². The van der Waals surface area contributed by atoms with Crippen molar-refractivity contribution in [3.8, 4) is 11.5 Å². The predicted octanol–water partition coefficient (Wildman–Crippen LogP) is 3.45. The third-order valence-electron chi connectivity index (χ3n) is 5.08. The summed E-state index contributed by atoms with van der Waals surface area (Å²) >= 11 is 6.83. The van der Waals surface area contributed by atoms with Gasteiger partial charge in [0.25, 0.3) is 0 Å². The summed E-state index contributed by atoms with van der Waals surface area (Å²) in [6, 6.07) is 3.09. The number of carbonyl (C=O) groups excluding carboxylic acids is 1. The topological polar surface area (TPSA) is 67.8 Å². The van der Waals surface area contributed by atoms with Gasteiger partial charge < -0.3 is 19.3 Å². The highest BCUT2D eigenvalue weighted by Crippen LogP contribution is 2.35. The lowest BCUT2D eigenvalue weighted by atomic mass is 10.0. The lowest BCUT2D eigenvalue weighted by Crippen LogP contribution is -2.53. The number of hydrogen-bond acceptors (Lipinski definition) is 7. The fourth-order valence-corrected chi connectivity index (χ4v) is 4.22. The van der Waals surface area contributed by atoms with Crippen molar-refractivity contribution in [3.63, 3.8) is 0 Å². The van der Waals surface area contributed by atoms with E-state index in [4.69, 9.17) is 9.47 Å². The molecule has 0 fully saturated rings.